The smallest absolute Gasteiger partial charge is 0.0540 e. The fraction of sp³-hybridized carbons (Fsp3) is 0.0870. The number of allylic oxidation sites excluding steroid dienone is 1. The molecule has 0 saturated heterocycles. The molecular weight excluding hydrogens is 595 g/mol. The number of anilines is 7. The largest absolute Gasteiger partial charge is 0.399 e. The maximum Gasteiger partial charge on any atom is 0.0540 e. The number of hydrogen-bond donors (Lipinski definition) is 1. The average Bonchev–Trinajstić information content (AvgIpc) is 3.36. The summed E-state index contributed by atoms with van der Waals surface area (Å²) >= 11 is 0. The van der Waals surface area contributed by atoms with E-state index in [0.717, 1.165) is 34.9 Å². The van der Waals surface area contributed by atoms with E-state index >= 15 is 0 Å². The van der Waals surface area contributed by atoms with Gasteiger partial charge in [-0.2, -0.15) is 0 Å². The molecule has 3 heteroatoms. The second kappa shape index (κ2) is 14.8. The lowest BCUT2D eigenvalue weighted by atomic mass is 9.99. The molecule has 240 valence electrons. The molecule has 1 unspecified atom stereocenters. The van der Waals surface area contributed by atoms with Crippen LogP contribution in [0, 0.1) is 5.92 Å². The van der Waals surface area contributed by atoms with Gasteiger partial charge < -0.3 is 15.5 Å². The molecule has 49 heavy (non-hydrogen) atoms. The minimum atomic E-state index is 0.608. The van der Waals surface area contributed by atoms with Crippen LogP contribution in [0.15, 0.2) is 182 Å². The number of rotatable bonds is 6. The highest BCUT2D eigenvalue weighted by molar-refractivity contribution is 5.98. The highest BCUT2D eigenvalue weighted by Gasteiger charge is 2.19. The highest BCUT2D eigenvalue weighted by Crippen LogP contribution is 2.40. The Hall–Kier alpha value is -6.06. The number of nitrogens with two attached hydrogens (primary N) is 1. The molecule has 0 heterocycles. The van der Waals surface area contributed by atoms with Crippen LogP contribution < -0.4 is 15.5 Å². The van der Waals surface area contributed by atoms with E-state index in [9.17, 15) is 0 Å². The summed E-state index contributed by atoms with van der Waals surface area (Å²) in [5, 5.41) is 2.50. The topological polar surface area (TPSA) is 32.5 Å². The second-order valence-electron chi connectivity index (χ2n) is 12.5. The van der Waals surface area contributed by atoms with Gasteiger partial charge in [0.2, 0.25) is 0 Å². The highest BCUT2D eigenvalue weighted by atomic mass is 15.1. The first-order valence-corrected chi connectivity index (χ1v) is 17.0. The monoisotopic (exact) mass is 635 g/mol. The van der Waals surface area contributed by atoms with Crippen molar-refractivity contribution in [2.75, 3.05) is 15.5 Å². The summed E-state index contributed by atoms with van der Waals surface area (Å²) in [6.45, 7) is 2.29. The zero-order chi connectivity index (χ0) is 33.4. The van der Waals surface area contributed by atoms with E-state index in [2.05, 4.69) is 193 Å². The summed E-state index contributed by atoms with van der Waals surface area (Å²) in [6.07, 6.45) is 6.86. The van der Waals surface area contributed by atoms with Gasteiger partial charge in [-0.3, -0.25) is 0 Å². The van der Waals surface area contributed by atoms with E-state index < -0.39 is 0 Å². The maximum atomic E-state index is 5.92. The van der Waals surface area contributed by atoms with E-state index in [1.807, 2.05) is 12.1 Å². The third kappa shape index (κ3) is 7.12. The number of nitrogens with zero attached hydrogens (tertiary/aromatic N) is 2. The zero-order valence-electron chi connectivity index (χ0n) is 27.9. The van der Waals surface area contributed by atoms with Gasteiger partial charge in [-0.1, -0.05) is 122 Å². The predicted octanol–water partition coefficient (Wildman–Crippen LogP) is 12.6. The van der Waals surface area contributed by atoms with Crippen molar-refractivity contribution >= 4 is 56.7 Å². The SMILES string of the molecule is CC1C=Cc2cccc(N(c3ccccc3)c3ccc(N)cc3)c2CC1.c1ccc(N(c2ccccc2)c2cccc3ccccc23)cc1. The molecule has 1 atom stereocenters. The summed E-state index contributed by atoms with van der Waals surface area (Å²) in [5.74, 6) is 0.608. The Morgan fingerprint density at radius 1 is 0.490 bits per heavy atom. The Kier molecular flexibility index (Phi) is 9.52. The standard InChI is InChI=1S/C24H24N2.C22H17N/c1-18-10-12-19-6-5-9-24(23(19)17-11-18)26(21-7-3-2-4-8-21)22-15-13-20(25)14-16-22;1-3-12-19(13-4-1)23(20-14-5-2-6-15-20)22-17-9-11-18-10-7-8-16-21(18)22/h2-10,12-16,18H,11,17,25H2,1H3;1-17H. The molecule has 7 aromatic rings. The molecule has 0 radical (unpaired) electrons. The molecule has 1 aliphatic carbocycles. The van der Waals surface area contributed by atoms with Crippen LogP contribution in [0.5, 0.6) is 0 Å². The Bertz CT molecular complexity index is 2090. The maximum absolute atomic E-state index is 5.92. The Morgan fingerprint density at radius 2 is 0.980 bits per heavy atom. The quantitative estimate of drug-likeness (QED) is 0.185. The lowest BCUT2D eigenvalue weighted by molar-refractivity contribution is 0.655. The molecule has 0 amide bonds. The van der Waals surface area contributed by atoms with Gasteiger partial charge >= 0.3 is 0 Å². The first-order chi connectivity index (χ1) is 24.2. The molecule has 0 aromatic heterocycles. The molecule has 2 N–H and O–H groups in total. The fourth-order valence-electron chi connectivity index (χ4n) is 6.58. The van der Waals surface area contributed by atoms with Gasteiger partial charge in [-0.05, 0) is 108 Å². The molecule has 1 aliphatic rings. The van der Waals surface area contributed by atoms with E-state index in [1.165, 1.54) is 39.7 Å². The zero-order valence-corrected chi connectivity index (χ0v) is 27.9. The van der Waals surface area contributed by atoms with Crippen LogP contribution in [0.3, 0.4) is 0 Å². The van der Waals surface area contributed by atoms with Crippen molar-refractivity contribution in [3.05, 3.63) is 193 Å². The number of fused-ring (bicyclic) bond motifs is 2. The van der Waals surface area contributed by atoms with Crippen LogP contribution in [0.4, 0.5) is 39.8 Å². The van der Waals surface area contributed by atoms with Crippen LogP contribution in [0.1, 0.15) is 24.5 Å². The van der Waals surface area contributed by atoms with Gasteiger partial charge in [0.1, 0.15) is 0 Å². The van der Waals surface area contributed by atoms with Gasteiger partial charge in [0, 0.05) is 39.5 Å². The summed E-state index contributed by atoms with van der Waals surface area (Å²) < 4.78 is 0. The summed E-state index contributed by atoms with van der Waals surface area (Å²) in [4.78, 5) is 4.64. The van der Waals surface area contributed by atoms with Crippen molar-refractivity contribution in [3.8, 4) is 0 Å². The van der Waals surface area contributed by atoms with Gasteiger partial charge in [0.15, 0.2) is 0 Å². The van der Waals surface area contributed by atoms with Crippen LogP contribution in [-0.2, 0) is 6.42 Å². The molecular formula is C46H41N3. The molecule has 0 bridgehead atoms. The van der Waals surface area contributed by atoms with E-state index in [0.29, 0.717) is 5.92 Å². The van der Waals surface area contributed by atoms with E-state index in [4.69, 9.17) is 5.73 Å². The number of benzene rings is 7. The molecule has 3 nitrogen and oxygen atoms in total. The first kappa shape index (κ1) is 31.5. The van der Waals surface area contributed by atoms with E-state index in [-0.39, 0.29) is 0 Å². The van der Waals surface area contributed by atoms with Crippen LogP contribution >= 0.6 is 0 Å². The van der Waals surface area contributed by atoms with Crippen molar-refractivity contribution in [1.82, 2.24) is 0 Å². The molecule has 0 spiro atoms. The van der Waals surface area contributed by atoms with Crippen LogP contribution in [-0.4, -0.2) is 0 Å². The molecule has 0 aliphatic heterocycles. The number of para-hydroxylation sites is 3. The average molecular weight is 636 g/mol. The molecule has 7 aromatic carbocycles. The number of hydrogen-bond acceptors (Lipinski definition) is 3. The normalized spacial score (nSPS) is 13.4. The number of nitrogen functional groups attached to an aromatic ring is 1. The van der Waals surface area contributed by atoms with Crippen molar-refractivity contribution in [2.45, 2.75) is 19.8 Å². The molecule has 0 saturated carbocycles. The fourth-order valence-corrected chi connectivity index (χ4v) is 6.58. The van der Waals surface area contributed by atoms with Crippen LogP contribution in [0.25, 0.3) is 16.8 Å². The summed E-state index contributed by atoms with van der Waals surface area (Å²) in [6, 6.07) is 61.3. The Balaban J connectivity index is 0.000000155. The third-order valence-corrected chi connectivity index (χ3v) is 9.08. The summed E-state index contributed by atoms with van der Waals surface area (Å²) in [5.41, 5.74) is 16.5. The van der Waals surface area contributed by atoms with Gasteiger partial charge in [0.25, 0.3) is 0 Å². The van der Waals surface area contributed by atoms with Crippen LogP contribution in [0.2, 0.25) is 0 Å². The van der Waals surface area contributed by atoms with Crippen molar-refractivity contribution in [3.63, 3.8) is 0 Å². The lowest BCUT2D eigenvalue weighted by Gasteiger charge is -2.28. The Labute approximate surface area is 290 Å². The van der Waals surface area contributed by atoms with Gasteiger partial charge in [0.05, 0.1) is 5.69 Å². The third-order valence-electron chi connectivity index (χ3n) is 9.08. The molecule has 0 fully saturated rings. The van der Waals surface area contributed by atoms with Crippen molar-refractivity contribution < 1.29 is 0 Å². The Morgan fingerprint density at radius 3 is 1.61 bits per heavy atom. The van der Waals surface area contributed by atoms with Gasteiger partial charge in [-0.15, -0.1) is 0 Å². The minimum absolute atomic E-state index is 0.608. The van der Waals surface area contributed by atoms with Crippen molar-refractivity contribution in [2.24, 2.45) is 5.92 Å². The second-order valence-corrected chi connectivity index (χ2v) is 12.5. The van der Waals surface area contributed by atoms with E-state index in [1.54, 1.807) is 0 Å². The molecule has 8 rings (SSSR count). The predicted molar refractivity (Wildman–Crippen MR) is 211 cm³/mol. The lowest BCUT2D eigenvalue weighted by Crippen LogP contribution is -2.13. The van der Waals surface area contributed by atoms with Gasteiger partial charge in [-0.25, -0.2) is 0 Å². The minimum Gasteiger partial charge on any atom is -0.399 e. The van der Waals surface area contributed by atoms with Crippen molar-refractivity contribution in [1.29, 1.82) is 0 Å². The first-order valence-electron chi connectivity index (χ1n) is 17.0. The summed E-state index contributed by atoms with van der Waals surface area (Å²) in [7, 11) is 0.